The molecule has 2 atom stereocenters. The van der Waals surface area contributed by atoms with Crippen molar-refractivity contribution in [2.45, 2.75) is 31.7 Å². The quantitative estimate of drug-likeness (QED) is 0.557. The first-order valence-corrected chi connectivity index (χ1v) is 7.03. The van der Waals surface area contributed by atoms with Gasteiger partial charge in [0.2, 0.25) is 17.8 Å². The first-order valence-electron chi connectivity index (χ1n) is 7.03. The molecule has 2 heterocycles. The number of anilines is 3. The normalized spacial score (nSPS) is 25.6. The highest BCUT2D eigenvalue weighted by Gasteiger charge is 2.42. The number of methoxy groups -OCH3 is 1. The van der Waals surface area contributed by atoms with Crippen LogP contribution in [0, 0.1) is 0 Å². The van der Waals surface area contributed by atoms with Crippen molar-refractivity contribution < 1.29 is 9.13 Å². The van der Waals surface area contributed by atoms with E-state index >= 15 is 0 Å². The second-order valence-electron chi connectivity index (χ2n) is 4.91. The Hall–Kier alpha value is -1.74. The molecule has 1 aromatic rings. The van der Waals surface area contributed by atoms with E-state index in [9.17, 15) is 4.39 Å². The molecule has 9 heteroatoms. The average molecular weight is 299 g/mol. The van der Waals surface area contributed by atoms with Gasteiger partial charge in [-0.05, 0) is 13.0 Å². The lowest BCUT2D eigenvalue weighted by molar-refractivity contribution is -0.0660. The van der Waals surface area contributed by atoms with Crippen LogP contribution in [0.4, 0.5) is 22.2 Å². The van der Waals surface area contributed by atoms with Gasteiger partial charge < -0.3 is 26.4 Å². The van der Waals surface area contributed by atoms with Crippen LogP contribution in [-0.4, -0.2) is 53.6 Å². The molecule has 0 spiro atoms. The van der Waals surface area contributed by atoms with Gasteiger partial charge in [0.1, 0.15) is 0 Å². The van der Waals surface area contributed by atoms with E-state index in [1.807, 2.05) is 6.92 Å². The average Bonchev–Trinajstić information content (AvgIpc) is 2.47. The number of piperidine rings is 1. The number of rotatable bonds is 6. The maximum Gasteiger partial charge on any atom is 0.231 e. The van der Waals surface area contributed by atoms with Gasteiger partial charge in [-0.25, -0.2) is 4.39 Å². The molecule has 1 aliphatic rings. The van der Waals surface area contributed by atoms with Crippen LogP contribution in [-0.2, 0) is 4.74 Å². The molecule has 2 unspecified atom stereocenters. The van der Waals surface area contributed by atoms with Crippen molar-refractivity contribution >= 4 is 17.8 Å². The van der Waals surface area contributed by atoms with Gasteiger partial charge in [-0.2, -0.15) is 15.0 Å². The SMILES string of the molecule is CCCNc1nc(N)nc(NC2(OC)CCNCC2F)n1. The lowest BCUT2D eigenvalue weighted by Crippen LogP contribution is -2.58. The molecule has 2 rings (SSSR count). The molecular weight excluding hydrogens is 277 g/mol. The number of nitrogen functional groups attached to an aromatic ring is 1. The van der Waals surface area contributed by atoms with E-state index < -0.39 is 11.9 Å². The third-order valence-electron chi connectivity index (χ3n) is 3.38. The highest BCUT2D eigenvalue weighted by Crippen LogP contribution is 2.26. The zero-order valence-electron chi connectivity index (χ0n) is 12.3. The summed E-state index contributed by atoms with van der Waals surface area (Å²) in [6, 6.07) is 0. The summed E-state index contributed by atoms with van der Waals surface area (Å²) in [5.41, 5.74) is 4.51. The fourth-order valence-electron chi connectivity index (χ4n) is 2.20. The van der Waals surface area contributed by atoms with Gasteiger partial charge >= 0.3 is 0 Å². The molecule has 8 nitrogen and oxygen atoms in total. The summed E-state index contributed by atoms with van der Waals surface area (Å²) in [7, 11) is 1.46. The molecule has 118 valence electrons. The highest BCUT2D eigenvalue weighted by molar-refractivity contribution is 5.41. The number of hydrogen-bond acceptors (Lipinski definition) is 8. The van der Waals surface area contributed by atoms with Crippen LogP contribution in [0.2, 0.25) is 0 Å². The van der Waals surface area contributed by atoms with E-state index in [-0.39, 0.29) is 18.4 Å². The Balaban J connectivity index is 2.18. The minimum atomic E-state index is -1.22. The van der Waals surface area contributed by atoms with Gasteiger partial charge in [0.05, 0.1) is 0 Å². The predicted octanol–water partition coefficient (Wildman–Crippen LogP) is 0.362. The molecule has 5 N–H and O–H groups in total. The van der Waals surface area contributed by atoms with Crippen molar-refractivity contribution in [1.82, 2.24) is 20.3 Å². The Morgan fingerprint density at radius 2 is 2.19 bits per heavy atom. The summed E-state index contributed by atoms with van der Waals surface area (Å²) in [6.45, 7) is 3.60. The van der Waals surface area contributed by atoms with Gasteiger partial charge in [0.15, 0.2) is 11.9 Å². The van der Waals surface area contributed by atoms with Crippen molar-refractivity contribution in [1.29, 1.82) is 0 Å². The number of aromatic nitrogens is 3. The van der Waals surface area contributed by atoms with E-state index in [1.165, 1.54) is 7.11 Å². The van der Waals surface area contributed by atoms with Crippen LogP contribution in [0.5, 0.6) is 0 Å². The van der Waals surface area contributed by atoms with Crippen LogP contribution in [0.1, 0.15) is 19.8 Å². The topological polar surface area (TPSA) is 110 Å². The van der Waals surface area contributed by atoms with Crippen LogP contribution in [0.15, 0.2) is 0 Å². The van der Waals surface area contributed by atoms with E-state index in [2.05, 4.69) is 30.9 Å². The van der Waals surface area contributed by atoms with E-state index in [0.29, 0.717) is 25.5 Å². The summed E-state index contributed by atoms with van der Waals surface area (Å²) in [6.07, 6.45) is 0.157. The van der Waals surface area contributed by atoms with Crippen LogP contribution in [0.3, 0.4) is 0 Å². The summed E-state index contributed by atoms with van der Waals surface area (Å²) in [5, 5.41) is 8.93. The Bertz CT molecular complexity index is 475. The first kappa shape index (κ1) is 15.6. The van der Waals surface area contributed by atoms with Crippen molar-refractivity contribution in [2.24, 2.45) is 0 Å². The van der Waals surface area contributed by atoms with Gasteiger partial charge in [-0.15, -0.1) is 0 Å². The van der Waals surface area contributed by atoms with Crippen molar-refractivity contribution in [3.63, 3.8) is 0 Å². The Kier molecular flexibility index (Phi) is 5.07. The Morgan fingerprint density at radius 3 is 2.86 bits per heavy atom. The number of nitrogens with zero attached hydrogens (tertiary/aromatic N) is 3. The second-order valence-corrected chi connectivity index (χ2v) is 4.91. The van der Waals surface area contributed by atoms with Crippen molar-refractivity contribution in [3.8, 4) is 0 Å². The molecule has 0 aromatic carbocycles. The standard InChI is InChI=1S/C12H22FN7O/c1-3-5-16-10-17-9(14)18-11(19-10)20-12(21-2)4-6-15-7-8(12)13/h8,15H,3-7H2,1-2H3,(H4,14,16,17,18,19,20). The molecule has 1 saturated heterocycles. The third-order valence-corrected chi connectivity index (χ3v) is 3.38. The van der Waals surface area contributed by atoms with Crippen molar-refractivity contribution in [2.75, 3.05) is 43.1 Å². The smallest absolute Gasteiger partial charge is 0.231 e. The lowest BCUT2D eigenvalue weighted by Gasteiger charge is -2.39. The summed E-state index contributed by atoms with van der Waals surface area (Å²) < 4.78 is 19.6. The minimum Gasteiger partial charge on any atom is -0.368 e. The van der Waals surface area contributed by atoms with Gasteiger partial charge in [0, 0.05) is 26.6 Å². The van der Waals surface area contributed by atoms with E-state index in [1.54, 1.807) is 0 Å². The molecule has 1 fully saturated rings. The number of hydrogen-bond donors (Lipinski definition) is 4. The number of halogens is 1. The number of nitrogens with two attached hydrogens (primary N) is 1. The lowest BCUT2D eigenvalue weighted by atomic mass is 10.00. The first-order chi connectivity index (χ1) is 10.1. The zero-order valence-corrected chi connectivity index (χ0v) is 12.3. The highest BCUT2D eigenvalue weighted by atomic mass is 19.1. The van der Waals surface area contributed by atoms with E-state index in [4.69, 9.17) is 10.5 Å². The summed E-state index contributed by atoms with van der Waals surface area (Å²) in [5.74, 6) is 0.636. The summed E-state index contributed by atoms with van der Waals surface area (Å²) >= 11 is 0. The van der Waals surface area contributed by atoms with Crippen LogP contribution >= 0.6 is 0 Å². The minimum absolute atomic E-state index is 0.0710. The Labute approximate surface area is 123 Å². The maximum atomic E-state index is 14.2. The van der Waals surface area contributed by atoms with Gasteiger partial charge in [-0.1, -0.05) is 6.92 Å². The van der Waals surface area contributed by atoms with Gasteiger partial charge in [0.25, 0.3) is 0 Å². The number of ether oxygens (including phenoxy) is 1. The molecule has 0 amide bonds. The predicted molar refractivity (Wildman–Crippen MR) is 78.8 cm³/mol. The fourth-order valence-corrected chi connectivity index (χ4v) is 2.20. The number of nitrogens with one attached hydrogen (secondary N) is 3. The third kappa shape index (κ3) is 3.67. The molecule has 0 saturated carbocycles. The Morgan fingerprint density at radius 1 is 1.43 bits per heavy atom. The number of alkyl halides is 1. The van der Waals surface area contributed by atoms with Crippen LogP contribution in [0.25, 0.3) is 0 Å². The maximum absolute atomic E-state index is 14.2. The molecular formula is C12H22FN7O. The van der Waals surface area contributed by atoms with Crippen LogP contribution < -0.4 is 21.7 Å². The van der Waals surface area contributed by atoms with E-state index in [0.717, 1.165) is 6.42 Å². The monoisotopic (exact) mass is 299 g/mol. The molecule has 0 radical (unpaired) electrons. The second kappa shape index (κ2) is 6.81. The molecule has 0 aliphatic carbocycles. The largest absolute Gasteiger partial charge is 0.368 e. The molecule has 0 bridgehead atoms. The van der Waals surface area contributed by atoms with Crippen molar-refractivity contribution in [3.05, 3.63) is 0 Å². The fraction of sp³-hybridized carbons (Fsp3) is 0.750. The molecule has 21 heavy (non-hydrogen) atoms. The molecule has 1 aliphatic heterocycles. The zero-order chi connectivity index (χ0) is 15.3. The summed E-state index contributed by atoms with van der Waals surface area (Å²) in [4.78, 5) is 12.2. The molecule has 1 aromatic heterocycles. The van der Waals surface area contributed by atoms with Gasteiger partial charge in [-0.3, -0.25) is 0 Å².